The van der Waals surface area contributed by atoms with Gasteiger partial charge >= 0.3 is 0 Å². The Morgan fingerprint density at radius 2 is 1.53 bits per heavy atom. The maximum atomic E-state index is 12.9. The molecule has 3 rings (SSSR count). The third-order valence-electron chi connectivity index (χ3n) is 2.94. The van der Waals surface area contributed by atoms with Gasteiger partial charge in [-0.25, -0.2) is 9.37 Å². The summed E-state index contributed by atoms with van der Waals surface area (Å²) < 4.78 is 12.9. The van der Waals surface area contributed by atoms with E-state index >= 15 is 0 Å². The molecule has 0 amide bonds. The van der Waals surface area contributed by atoms with Gasteiger partial charge in [0.1, 0.15) is 10.8 Å². The van der Waals surface area contributed by atoms with Crippen LogP contribution in [-0.2, 0) is 0 Å². The lowest BCUT2D eigenvalue weighted by atomic mass is 10.1. The smallest absolute Gasteiger partial charge is 0.124 e. The van der Waals surface area contributed by atoms with E-state index in [1.165, 1.54) is 17.7 Å². The number of rotatable bonds is 2. The van der Waals surface area contributed by atoms with Crippen molar-refractivity contribution in [1.29, 1.82) is 0 Å². The van der Waals surface area contributed by atoms with Crippen molar-refractivity contribution in [2.45, 2.75) is 6.92 Å². The van der Waals surface area contributed by atoms with Crippen molar-refractivity contribution in [2.75, 3.05) is 0 Å². The van der Waals surface area contributed by atoms with Gasteiger partial charge in [-0.05, 0) is 31.2 Å². The van der Waals surface area contributed by atoms with Gasteiger partial charge in [-0.3, -0.25) is 0 Å². The minimum atomic E-state index is -0.223. The number of nitrogens with zero attached hydrogens (tertiary/aromatic N) is 1. The van der Waals surface area contributed by atoms with Crippen molar-refractivity contribution in [1.82, 2.24) is 4.98 Å². The molecule has 1 nitrogen and oxygen atoms in total. The fraction of sp³-hybridized carbons (Fsp3) is 0.0625. The maximum Gasteiger partial charge on any atom is 0.124 e. The van der Waals surface area contributed by atoms with Gasteiger partial charge in [0, 0.05) is 16.5 Å². The molecule has 0 saturated carbocycles. The number of thiazole rings is 1. The van der Waals surface area contributed by atoms with Crippen LogP contribution in [0.3, 0.4) is 0 Å². The lowest BCUT2D eigenvalue weighted by molar-refractivity contribution is 0.628. The quantitative estimate of drug-likeness (QED) is 0.643. The number of benzene rings is 2. The van der Waals surface area contributed by atoms with Gasteiger partial charge in [0.25, 0.3) is 0 Å². The van der Waals surface area contributed by atoms with Crippen LogP contribution in [0.2, 0.25) is 0 Å². The van der Waals surface area contributed by atoms with E-state index in [1.807, 2.05) is 5.38 Å². The van der Waals surface area contributed by atoms with Crippen LogP contribution in [0.4, 0.5) is 4.39 Å². The molecule has 3 heteroatoms. The van der Waals surface area contributed by atoms with Gasteiger partial charge in [0.2, 0.25) is 0 Å². The summed E-state index contributed by atoms with van der Waals surface area (Å²) >= 11 is 1.57. The Morgan fingerprint density at radius 3 is 2.21 bits per heavy atom. The summed E-state index contributed by atoms with van der Waals surface area (Å²) in [5.74, 6) is -0.223. The molecule has 0 spiro atoms. The second kappa shape index (κ2) is 4.94. The molecule has 0 unspecified atom stereocenters. The molecule has 0 N–H and O–H groups in total. The number of halogens is 1. The highest BCUT2D eigenvalue weighted by atomic mass is 32.1. The Bertz CT molecular complexity index is 624. The molecule has 2 aromatic carbocycles. The maximum absolute atomic E-state index is 12.9. The van der Waals surface area contributed by atoms with E-state index in [0.29, 0.717) is 0 Å². The van der Waals surface area contributed by atoms with Gasteiger partial charge in [-0.2, -0.15) is 0 Å². The van der Waals surface area contributed by atoms with E-state index in [9.17, 15) is 4.39 Å². The van der Waals surface area contributed by atoms with Gasteiger partial charge in [-0.1, -0.05) is 29.8 Å². The van der Waals surface area contributed by atoms with Gasteiger partial charge < -0.3 is 0 Å². The molecule has 0 aliphatic carbocycles. The third kappa shape index (κ3) is 2.56. The number of aryl methyl sites for hydroxylation is 1. The van der Waals surface area contributed by atoms with Crippen LogP contribution in [0.5, 0.6) is 0 Å². The fourth-order valence-electron chi connectivity index (χ4n) is 1.86. The number of aromatic nitrogens is 1. The van der Waals surface area contributed by atoms with Crippen molar-refractivity contribution in [3.63, 3.8) is 0 Å². The first-order valence-electron chi connectivity index (χ1n) is 6.01. The Kier molecular flexibility index (Phi) is 3.13. The van der Waals surface area contributed by atoms with E-state index in [4.69, 9.17) is 0 Å². The molecule has 0 radical (unpaired) electrons. The highest BCUT2D eigenvalue weighted by Crippen LogP contribution is 2.28. The molecule has 1 aromatic heterocycles. The summed E-state index contributed by atoms with van der Waals surface area (Å²) in [4.78, 5) is 4.61. The molecule has 0 fully saturated rings. The second-order valence-corrected chi connectivity index (χ2v) is 5.27. The molecule has 0 aliphatic heterocycles. The predicted molar refractivity (Wildman–Crippen MR) is 77.7 cm³/mol. The lowest BCUT2D eigenvalue weighted by Crippen LogP contribution is -1.80. The summed E-state index contributed by atoms with van der Waals surface area (Å²) in [5, 5.41) is 2.94. The molecule has 1 heterocycles. The Labute approximate surface area is 115 Å². The highest BCUT2D eigenvalue weighted by molar-refractivity contribution is 7.13. The van der Waals surface area contributed by atoms with Crippen LogP contribution < -0.4 is 0 Å². The third-order valence-corrected chi connectivity index (χ3v) is 3.83. The van der Waals surface area contributed by atoms with Crippen LogP contribution in [0.15, 0.2) is 53.9 Å². The number of hydrogen-bond donors (Lipinski definition) is 0. The summed E-state index contributed by atoms with van der Waals surface area (Å²) in [5.41, 5.74) is 4.25. The monoisotopic (exact) mass is 269 g/mol. The van der Waals surface area contributed by atoms with E-state index in [0.717, 1.165) is 21.8 Å². The molecular formula is C16H12FNS. The average molecular weight is 269 g/mol. The van der Waals surface area contributed by atoms with E-state index < -0.39 is 0 Å². The van der Waals surface area contributed by atoms with Crippen LogP contribution in [0, 0.1) is 12.7 Å². The zero-order chi connectivity index (χ0) is 13.2. The van der Waals surface area contributed by atoms with Gasteiger partial charge in [0.05, 0.1) is 5.69 Å². The zero-order valence-electron chi connectivity index (χ0n) is 10.4. The van der Waals surface area contributed by atoms with Crippen LogP contribution >= 0.6 is 11.3 Å². The van der Waals surface area contributed by atoms with E-state index in [2.05, 4.69) is 36.2 Å². The molecule has 94 valence electrons. The average Bonchev–Trinajstić information content (AvgIpc) is 2.90. The number of hydrogen-bond acceptors (Lipinski definition) is 2. The van der Waals surface area contributed by atoms with Crippen molar-refractivity contribution >= 4 is 11.3 Å². The largest absolute Gasteiger partial charge is 0.236 e. The summed E-state index contributed by atoms with van der Waals surface area (Å²) in [6.45, 7) is 2.06. The topological polar surface area (TPSA) is 12.9 Å². The first kappa shape index (κ1) is 12.1. The van der Waals surface area contributed by atoms with Crippen molar-refractivity contribution in [3.8, 4) is 21.8 Å². The first-order valence-corrected chi connectivity index (χ1v) is 6.89. The zero-order valence-corrected chi connectivity index (χ0v) is 11.2. The minimum absolute atomic E-state index is 0.223. The van der Waals surface area contributed by atoms with Crippen LogP contribution in [-0.4, -0.2) is 4.98 Å². The van der Waals surface area contributed by atoms with Gasteiger partial charge in [0.15, 0.2) is 0 Å². The molecule has 3 aromatic rings. The summed E-state index contributed by atoms with van der Waals surface area (Å²) in [7, 11) is 0. The fourth-order valence-corrected chi connectivity index (χ4v) is 2.69. The Hall–Kier alpha value is -2.00. The lowest BCUT2D eigenvalue weighted by Gasteiger charge is -1.98. The predicted octanol–water partition coefficient (Wildman–Crippen LogP) is 4.92. The van der Waals surface area contributed by atoms with Crippen LogP contribution in [0.1, 0.15) is 5.56 Å². The summed E-state index contributed by atoms with van der Waals surface area (Å²) in [6, 6.07) is 14.7. The first-order chi connectivity index (χ1) is 9.22. The standard InChI is InChI=1S/C16H12FNS/c1-11-2-4-12(5-3-11)15-10-19-16(18-15)13-6-8-14(17)9-7-13/h2-10H,1H3. The van der Waals surface area contributed by atoms with E-state index in [1.54, 1.807) is 23.5 Å². The Balaban J connectivity index is 1.95. The second-order valence-electron chi connectivity index (χ2n) is 4.41. The van der Waals surface area contributed by atoms with Crippen molar-refractivity contribution in [2.24, 2.45) is 0 Å². The summed E-state index contributed by atoms with van der Waals surface area (Å²) in [6.07, 6.45) is 0. The SMILES string of the molecule is Cc1ccc(-c2csc(-c3ccc(F)cc3)n2)cc1. The van der Waals surface area contributed by atoms with E-state index in [-0.39, 0.29) is 5.82 Å². The Morgan fingerprint density at radius 1 is 0.895 bits per heavy atom. The normalized spacial score (nSPS) is 10.6. The molecule has 0 aliphatic rings. The van der Waals surface area contributed by atoms with Crippen molar-refractivity contribution in [3.05, 3.63) is 65.3 Å². The molecule has 0 atom stereocenters. The minimum Gasteiger partial charge on any atom is -0.236 e. The molecule has 0 bridgehead atoms. The molecule has 0 saturated heterocycles. The van der Waals surface area contributed by atoms with Gasteiger partial charge in [-0.15, -0.1) is 11.3 Å². The highest BCUT2D eigenvalue weighted by Gasteiger charge is 2.06. The van der Waals surface area contributed by atoms with Crippen molar-refractivity contribution < 1.29 is 4.39 Å². The molecule has 19 heavy (non-hydrogen) atoms. The molecular weight excluding hydrogens is 257 g/mol. The van der Waals surface area contributed by atoms with Crippen LogP contribution in [0.25, 0.3) is 21.8 Å².